The average Bonchev–Trinajstić information content (AvgIpc) is 3.01. The average molecular weight is 383 g/mol. The molecule has 0 radical (unpaired) electrons. The summed E-state index contributed by atoms with van der Waals surface area (Å²) in [4.78, 5) is 25.2. The molecule has 2 aromatic heterocycles. The van der Waals surface area contributed by atoms with Gasteiger partial charge in [-0.15, -0.1) is 11.3 Å². The number of rotatable bonds is 3. The van der Waals surface area contributed by atoms with E-state index in [4.69, 9.17) is 10.2 Å². The number of nitrogens with two attached hydrogens (primary N) is 1. The fourth-order valence-electron chi connectivity index (χ4n) is 2.70. The van der Waals surface area contributed by atoms with E-state index >= 15 is 0 Å². The molecule has 0 spiro atoms. The van der Waals surface area contributed by atoms with E-state index < -0.39 is 5.91 Å². The predicted molar refractivity (Wildman–Crippen MR) is 88.4 cm³/mol. The molecule has 0 bridgehead atoms. The second-order valence-corrected chi connectivity index (χ2v) is 7.36. The summed E-state index contributed by atoms with van der Waals surface area (Å²) >= 11 is 4.60. The number of anilines is 1. The van der Waals surface area contributed by atoms with Crippen molar-refractivity contribution in [2.24, 2.45) is 11.7 Å². The largest absolute Gasteiger partial charge is 0.444 e. The normalized spacial score (nSPS) is 17.1. The second-order valence-electron chi connectivity index (χ2n) is 5.48. The van der Waals surface area contributed by atoms with Crippen LogP contribution in [0.15, 0.2) is 21.2 Å². The van der Waals surface area contributed by atoms with Gasteiger partial charge >= 0.3 is 0 Å². The first kappa shape index (κ1) is 15.3. The highest BCUT2D eigenvalue weighted by Gasteiger charge is 2.27. The number of halogens is 1. The molecular weight excluding hydrogens is 368 g/mol. The van der Waals surface area contributed by atoms with E-state index in [-0.39, 0.29) is 11.7 Å². The summed E-state index contributed by atoms with van der Waals surface area (Å²) in [7, 11) is 0. The van der Waals surface area contributed by atoms with Crippen LogP contribution in [0.4, 0.5) is 5.00 Å². The monoisotopic (exact) mass is 382 g/mol. The molecule has 0 aliphatic heterocycles. The highest BCUT2D eigenvalue weighted by atomic mass is 79.9. The fraction of sp³-hybridized carbons (Fsp3) is 0.333. The number of primary amides is 1. The summed E-state index contributed by atoms with van der Waals surface area (Å²) < 4.78 is 5.71. The molecule has 3 rings (SSSR count). The first-order valence-corrected chi connectivity index (χ1v) is 8.57. The van der Waals surface area contributed by atoms with Crippen molar-refractivity contribution in [3.05, 3.63) is 38.6 Å². The van der Waals surface area contributed by atoms with Crippen molar-refractivity contribution in [1.82, 2.24) is 0 Å². The Morgan fingerprint density at radius 2 is 2.23 bits per heavy atom. The van der Waals surface area contributed by atoms with Gasteiger partial charge in [0, 0.05) is 4.88 Å². The number of fused-ring (bicyclic) bond motifs is 1. The lowest BCUT2D eigenvalue weighted by atomic mass is 9.88. The van der Waals surface area contributed by atoms with Gasteiger partial charge in [-0.05, 0) is 58.8 Å². The van der Waals surface area contributed by atoms with E-state index in [1.807, 2.05) is 0 Å². The Morgan fingerprint density at radius 3 is 2.86 bits per heavy atom. The number of hydrogen-bond acceptors (Lipinski definition) is 4. The predicted octanol–water partition coefficient (Wildman–Crippen LogP) is 3.58. The van der Waals surface area contributed by atoms with Gasteiger partial charge in [-0.3, -0.25) is 9.59 Å². The standard InChI is InChI=1S/C15H15BrN2O3S/c1-7-2-3-8-10(6-7)22-15(12(8)13(17)19)18-14(20)9-4-5-11(16)21-9/h4-5,7H,2-3,6H2,1H3,(H2,17,19)(H,18,20)/t7-/m1/s1. The van der Waals surface area contributed by atoms with E-state index in [1.165, 1.54) is 11.3 Å². The molecule has 0 unspecified atom stereocenters. The zero-order chi connectivity index (χ0) is 15.9. The number of hydrogen-bond donors (Lipinski definition) is 2. The molecule has 5 nitrogen and oxygen atoms in total. The first-order valence-electron chi connectivity index (χ1n) is 6.96. The zero-order valence-corrected chi connectivity index (χ0v) is 14.3. The third kappa shape index (κ3) is 2.83. The van der Waals surface area contributed by atoms with Crippen LogP contribution in [-0.4, -0.2) is 11.8 Å². The molecule has 0 saturated heterocycles. The van der Waals surface area contributed by atoms with Crippen molar-refractivity contribution in [1.29, 1.82) is 0 Å². The molecule has 22 heavy (non-hydrogen) atoms. The third-order valence-electron chi connectivity index (χ3n) is 3.78. The summed E-state index contributed by atoms with van der Waals surface area (Å²) in [6, 6.07) is 3.21. The van der Waals surface area contributed by atoms with E-state index in [2.05, 4.69) is 28.2 Å². The lowest BCUT2D eigenvalue weighted by molar-refractivity contribution is 0.0996. The van der Waals surface area contributed by atoms with E-state index in [0.29, 0.717) is 21.2 Å². The van der Waals surface area contributed by atoms with Crippen LogP contribution in [0.1, 0.15) is 44.7 Å². The molecule has 116 valence electrons. The molecular formula is C15H15BrN2O3S. The van der Waals surface area contributed by atoms with Gasteiger partial charge in [-0.25, -0.2) is 0 Å². The Hall–Kier alpha value is -1.60. The van der Waals surface area contributed by atoms with Crippen LogP contribution >= 0.6 is 27.3 Å². The molecule has 3 N–H and O–H groups in total. The summed E-state index contributed by atoms with van der Waals surface area (Å²) in [5.74, 6) is -0.124. The van der Waals surface area contributed by atoms with Crippen LogP contribution in [0.5, 0.6) is 0 Å². The fourth-order valence-corrected chi connectivity index (χ4v) is 4.42. The van der Waals surface area contributed by atoms with Crippen molar-refractivity contribution >= 4 is 44.1 Å². The van der Waals surface area contributed by atoms with Crippen molar-refractivity contribution in [3.63, 3.8) is 0 Å². The molecule has 7 heteroatoms. The summed E-state index contributed by atoms with van der Waals surface area (Å²) in [5.41, 5.74) is 6.96. The maximum atomic E-state index is 12.2. The molecule has 0 aromatic carbocycles. The van der Waals surface area contributed by atoms with Gasteiger partial charge in [0.05, 0.1) is 5.56 Å². The Labute approximate surface area is 140 Å². The topological polar surface area (TPSA) is 85.3 Å². The highest BCUT2D eigenvalue weighted by molar-refractivity contribution is 9.10. The van der Waals surface area contributed by atoms with E-state index in [1.54, 1.807) is 12.1 Å². The molecule has 0 saturated carbocycles. The number of carbonyl (C=O) groups is 2. The molecule has 1 aliphatic rings. The molecule has 2 amide bonds. The Balaban J connectivity index is 1.93. The maximum Gasteiger partial charge on any atom is 0.292 e. The van der Waals surface area contributed by atoms with Gasteiger partial charge in [-0.1, -0.05) is 6.92 Å². The number of carbonyl (C=O) groups excluding carboxylic acids is 2. The van der Waals surface area contributed by atoms with E-state index in [9.17, 15) is 9.59 Å². The minimum Gasteiger partial charge on any atom is -0.444 e. The van der Waals surface area contributed by atoms with Gasteiger partial charge in [0.15, 0.2) is 10.4 Å². The quantitative estimate of drug-likeness (QED) is 0.850. The molecule has 1 aliphatic carbocycles. The van der Waals surface area contributed by atoms with E-state index in [0.717, 1.165) is 29.7 Å². The lowest BCUT2D eigenvalue weighted by Crippen LogP contribution is -2.19. The Bertz CT molecular complexity index is 750. The molecule has 2 aromatic rings. The van der Waals surface area contributed by atoms with Gasteiger partial charge in [-0.2, -0.15) is 0 Å². The van der Waals surface area contributed by atoms with Crippen molar-refractivity contribution in [2.75, 3.05) is 5.32 Å². The number of thiophene rings is 1. The third-order valence-corrected chi connectivity index (χ3v) is 5.38. The molecule has 2 heterocycles. The van der Waals surface area contributed by atoms with Crippen LogP contribution in [0.3, 0.4) is 0 Å². The Kier molecular flexibility index (Phi) is 4.10. The van der Waals surface area contributed by atoms with Gasteiger partial charge < -0.3 is 15.5 Å². The zero-order valence-electron chi connectivity index (χ0n) is 11.9. The van der Waals surface area contributed by atoms with Crippen LogP contribution in [0, 0.1) is 5.92 Å². The molecule has 0 fully saturated rings. The highest BCUT2D eigenvalue weighted by Crippen LogP contribution is 2.39. The summed E-state index contributed by atoms with van der Waals surface area (Å²) in [6.45, 7) is 2.19. The SMILES string of the molecule is C[C@@H]1CCc2c(sc(NC(=O)c3ccc(Br)o3)c2C(N)=O)C1. The van der Waals surface area contributed by atoms with Crippen LogP contribution in [-0.2, 0) is 12.8 Å². The Morgan fingerprint density at radius 1 is 1.45 bits per heavy atom. The van der Waals surface area contributed by atoms with Crippen LogP contribution in [0.25, 0.3) is 0 Å². The maximum absolute atomic E-state index is 12.2. The minimum atomic E-state index is -0.497. The van der Waals surface area contributed by atoms with Crippen LogP contribution < -0.4 is 11.1 Å². The smallest absolute Gasteiger partial charge is 0.292 e. The summed E-state index contributed by atoms with van der Waals surface area (Å²) in [5, 5.41) is 3.28. The molecule has 1 atom stereocenters. The van der Waals surface area contributed by atoms with Crippen molar-refractivity contribution in [2.45, 2.75) is 26.2 Å². The lowest BCUT2D eigenvalue weighted by Gasteiger charge is -2.18. The number of nitrogens with one attached hydrogen (secondary N) is 1. The summed E-state index contributed by atoms with van der Waals surface area (Å²) in [6.07, 6.45) is 2.78. The second kappa shape index (κ2) is 5.89. The van der Waals surface area contributed by atoms with Gasteiger partial charge in [0.1, 0.15) is 5.00 Å². The van der Waals surface area contributed by atoms with Crippen LogP contribution in [0.2, 0.25) is 0 Å². The first-order chi connectivity index (χ1) is 10.5. The van der Waals surface area contributed by atoms with Crippen molar-refractivity contribution in [3.8, 4) is 0 Å². The minimum absolute atomic E-state index is 0.182. The number of furan rings is 1. The van der Waals surface area contributed by atoms with Crippen molar-refractivity contribution < 1.29 is 14.0 Å². The number of amides is 2. The van der Waals surface area contributed by atoms with Gasteiger partial charge in [0.2, 0.25) is 0 Å². The van der Waals surface area contributed by atoms with Gasteiger partial charge in [0.25, 0.3) is 11.8 Å².